The van der Waals surface area contributed by atoms with Gasteiger partial charge in [-0.25, -0.2) is 4.39 Å². The summed E-state index contributed by atoms with van der Waals surface area (Å²) < 4.78 is 13.0. The normalized spacial score (nSPS) is 15.9. The Labute approximate surface area is 146 Å². The van der Waals surface area contributed by atoms with Crippen molar-refractivity contribution in [2.45, 2.75) is 12.5 Å². The molecule has 6 heteroatoms. The van der Waals surface area contributed by atoms with Crippen molar-refractivity contribution in [1.82, 2.24) is 10.4 Å². The van der Waals surface area contributed by atoms with E-state index in [2.05, 4.69) is 10.4 Å². The largest absolute Gasteiger partial charge is 0.368 e. The Balaban J connectivity index is 1.55. The summed E-state index contributed by atoms with van der Waals surface area (Å²) in [5.74, 6) is -0.241. The SMILES string of the molecule is O=C(CC(NO)c1ccccc1)N1CCN(c2ccc(F)cc2)CC1. The van der Waals surface area contributed by atoms with Crippen molar-refractivity contribution < 1.29 is 14.4 Å². The van der Waals surface area contributed by atoms with Gasteiger partial charge in [0.2, 0.25) is 5.91 Å². The van der Waals surface area contributed by atoms with Crippen molar-refractivity contribution >= 4 is 11.6 Å². The highest BCUT2D eigenvalue weighted by Gasteiger charge is 2.24. The number of nitrogens with one attached hydrogen (secondary N) is 1. The molecule has 2 aromatic carbocycles. The Morgan fingerprint density at radius 3 is 2.28 bits per heavy atom. The van der Waals surface area contributed by atoms with Crippen molar-refractivity contribution in [2.24, 2.45) is 0 Å². The van der Waals surface area contributed by atoms with Crippen LogP contribution in [0.15, 0.2) is 54.6 Å². The molecule has 25 heavy (non-hydrogen) atoms. The van der Waals surface area contributed by atoms with Crippen LogP contribution in [0.5, 0.6) is 0 Å². The average molecular weight is 343 g/mol. The Morgan fingerprint density at radius 1 is 1.04 bits per heavy atom. The summed E-state index contributed by atoms with van der Waals surface area (Å²) in [5, 5.41) is 9.38. The van der Waals surface area contributed by atoms with Gasteiger partial charge in [-0.2, -0.15) is 5.48 Å². The molecule has 0 radical (unpaired) electrons. The van der Waals surface area contributed by atoms with Gasteiger partial charge in [0.1, 0.15) is 5.82 Å². The topological polar surface area (TPSA) is 55.8 Å². The summed E-state index contributed by atoms with van der Waals surface area (Å²) in [5.41, 5.74) is 4.08. The van der Waals surface area contributed by atoms with E-state index in [1.807, 2.05) is 35.2 Å². The number of piperazine rings is 1. The number of hydrogen-bond donors (Lipinski definition) is 2. The second kappa shape index (κ2) is 8.09. The van der Waals surface area contributed by atoms with Crippen LogP contribution in [0.3, 0.4) is 0 Å². The molecular formula is C19H22FN3O2. The minimum Gasteiger partial charge on any atom is -0.368 e. The van der Waals surface area contributed by atoms with Crippen molar-refractivity contribution in [3.8, 4) is 0 Å². The number of carbonyl (C=O) groups excluding carboxylic acids is 1. The van der Waals surface area contributed by atoms with Gasteiger partial charge in [0, 0.05) is 38.3 Å². The number of halogens is 1. The predicted octanol–water partition coefficient (Wildman–Crippen LogP) is 2.58. The first-order valence-electron chi connectivity index (χ1n) is 8.40. The maximum atomic E-state index is 13.0. The molecule has 0 bridgehead atoms. The monoisotopic (exact) mass is 343 g/mol. The fourth-order valence-corrected chi connectivity index (χ4v) is 3.09. The number of nitrogens with zero attached hydrogens (tertiary/aromatic N) is 2. The van der Waals surface area contributed by atoms with Gasteiger partial charge in [-0.1, -0.05) is 30.3 Å². The first-order valence-corrected chi connectivity index (χ1v) is 8.40. The fourth-order valence-electron chi connectivity index (χ4n) is 3.09. The van der Waals surface area contributed by atoms with Crippen LogP contribution in [0.4, 0.5) is 10.1 Å². The van der Waals surface area contributed by atoms with Crippen LogP contribution in [-0.2, 0) is 4.79 Å². The molecule has 1 fully saturated rings. The van der Waals surface area contributed by atoms with Gasteiger partial charge in [-0.3, -0.25) is 4.79 Å². The molecule has 5 nitrogen and oxygen atoms in total. The number of benzene rings is 2. The Bertz CT molecular complexity index is 686. The number of hydrogen-bond acceptors (Lipinski definition) is 4. The second-order valence-corrected chi connectivity index (χ2v) is 6.14. The van der Waals surface area contributed by atoms with Gasteiger partial charge in [-0.05, 0) is 29.8 Å². The van der Waals surface area contributed by atoms with Gasteiger partial charge in [0.15, 0.2) is 0 Å². The maximum Gasteiger partial charge on any atom is 0.224 e. The maximum absolute atomic E-state index is 13.0. The van der Waals surface area contributed by atoms with Gasteiger partial charge >= 0.3 is 0 Å². The van der Waals surface area contributed by atoms with Crippen molar-refractivity contribution in [2.75, 3.05) is 31.1 Å². The quantitative estimate of drug-likeness (QED) is 0.820. The van der Waals surface area contributed by atoms with Crippen LogP contribution < -0.4 is 10.4 Å². The highest BCUT2D eigenvalue weighted by atomic mass is 19.1. The third kappa shape index (κ3) is 4.35. The molecule has 2 aromatic rings. The molecule has 132 valence electrons. The summed E-state index contributed by atoms with van der Waals surface area (Å²) >= 11 is 0. The van der Waals surface area contributed by atoms with E-state index in [4.69, 9.17) is 0 Å². The minimum atomic E-state index is -0.413. The second-order valence-electron chi connectivity index (χ2n) is 6.14. The van der Waals surface area contributed by atoms with Crippen LogP contribution in [0.1, 0.15) is 18.0 Å². The average Bonchev–Trinajstić information content (AvgIpc) is 2.67. The lowest BCUT2D eigenvalue weighted by molar-refractivity contribution is -0.132. The highest BCUT2D eigenvalue weighted by molar-refractivity contribution is 5.77. The van der Waals surface area contributed by atoms with E-state index >= 15 is 0 Å². The fraction of sp³-hybridized carbons (Fsp3) is 0.316. The summed E-state index contributed by atoms with van der Waals surface area (Å²) in [4.78, 5) is 16.5. The van der Waals surface area contributed by atoms with E-state index in [0.717, 1.165) is 11.3 Å². The van der Waals surface area contributed by atoms with E-state index in [9.17, 15) is 14.4 Å². The molecule has 0 spiro atoms. The summed E-state index contributed by atoms with van der Waals surface area (Å²) in [6.45, 7) is 2.64. The Hall–Kier alpha value is -2.44. The molecule has 0 aliphatic carbocycles. The molecular weight excluding hydrogens is 321 g/mol. The summed E-state index contributed by atoms with van der Waals surface area (Å²) in [6, 6.07) is 15.4. The van der Waals surface area contributed by atoms with Crippen molar-refractivity contribution in [3.05, 3.63) is 66.0 Å². The van der Waals surface area contributed by atoms with Crippen LogP contribution in [0, 0.1) is 5.82 Å². The standard InChI is InChI=1S/C19H22FN3O2/c20-16-6-8-17(9-7-16)22-10-12-23(13-11-22)19(24)14-18(21-25)15-4-2-1-3-5-15/h1-9,18,21,25H,10-14H2. The van der Waals surface area contributed by atoms with Gasteiger partial charge < -0.3 is 15.0 Å². The molecule has 1 unspecified atom stereocenters. The van der Waals surface area contributed by atoms with Crippen LogP contribution in [-0.4, -0.2) is 42.2 Å². The first-order chi connectivity index (χ1) is 12.2. The molecule has 1 heterocycles. The van der Waals surface area contributed by atoms with Gasteiger partial charge in [0.25, 0.3) is 0 Å². The van der Waals surface area contributed by atoms with E-state index in [1.54, 1.807) is 12.1 Å². The third-order valence-electron chi connectivity index (χ3n) is 4.56. The van der Waals surface area contributed by atoms with Gasteiger partial charge in [0.05, 0.1) is 6.04 Å². The van der Waals surface area contributed by atoms with Crippen LogP contribution >= 0.6 is 0 Å². The molecule has 3 rings (SSSR count). The van der Waals surface area contributed by atoms with E-state index < -0.39 is 6.04 Å². The highest BCUT2D eigenvalue weighted by Crippen LogP contribution is 2.20. The van der Waals surface area contributed by atoms with Crippen LogP contribution in [0.2, 0.25) is 0 Å². The Morgan fingerprint density at radius 2 is 1.68 bits per heavy atom. The van der Waals surface area contributed by atoms with E-state index in [-0.39, 0.29) is 18.1 Å². The lowest BCUT2D eigenvalue weighted by atomic mass is 10.0. The number of rotatable bonds is 5. The zero-order chi connectivity index (χ0) is 17.6. The molecule has 1 atom stereocenters. The molecule has 1 aliphatic rings. The lowest BCUT2D eigenvalue weighted by Crippen LogP contribution is -2.49. The zero-order valence-corrected chi connectivity index (χ0v) is 13.9. The molecule has 0 saturated carbocycles. The predicted molar refractivity (Wildman–Crippen MR) is 93.9 cm³/mol. The third-order valence-corrected chi connectivity index (χ3v) is 4.56. The molecule has 1 aliphatic heterocycles. The lowest BCUT2D eigenvalue weighted by Gasteiger charge is -2.36. The summed E-state index contributed by atoms with van der Waals surface area (Å²) in [6.07, 6.45) is 0.205. The summed E-state index contributed by atoms with van der Waals surface area (Å²) in [7, 11) is 0. The number of anilines is 1. The Kier molecular flexibility index (Phi) is 5.63. The molecule has 0 aromatic heterocycles. The first kappa shape index (κ1) is 17.4. The number of amides is 1. The molecule has 2 N–H and O–H groups in total. The minimum absolute atomic E-state index is 0.00848. The molecule has 1 amide bonds. The smallest absolute Gasteiger partial charge is 0.224 e. The zero-order valence-electron chi connectivity index (χ0n) is 13.9. The molecule has 1 saturated heterocycles. The van der Waals surface area contributed by atoms with Crippen LogP contribution in [0.25, 0.3) is 0 Å². The van der Waals surface area contributed by atoms with Crippen molar-refractivity contribution in [3.63, 3.8) is 0 Å². The number of hydroxylamine groups is 1. The van der Waals surface area contributed by atoms with Crippen molar-refractivity contribution in [1.29, 1.82) is 0 Å². The van der Waals surface area contributed by atoms with E-state index in [0.29, 0.717) is 26.2 Å². The van der Waals surface area contributed by atoms with Gasteiger partial charge in [-0.15, -0.1) is 0 Å². The number of carbonyl (C=O) groups is 1. The van der Waals surface area contributed by atoms with E-state index in [1.165, 1.54) is 12.1 Å².